The molecule has 0 fully saturated rings. The predicted octanol–water partition coefficient (Wildman–Crippen LogP) is 3.08. The van der Waals surface area contributed by atoms with Crippen molar-refractivity contribution in [3.05, 3.63) is 46.0 Å². The fourth-order valence-corrected chi connectivity index (χ4v) is 2.55. The molecule has 2 aromatic heterocycles. The SMILES string of the molecule is CCNCc1coc(CN(C)Cc2ccsc2)c1. The molecule has 0 radical (unpaired) electrons. The Balaban J connectivity index is 1.83. The Kier molecular flexibility index (Phi) is 4.99. The molecule has 0 aliphatic carbocycles. The van der Waals surface area contributed by atoms with E-state index in [1.165, 1.54) is 11.1 Å². The molecule has 98 valence electrons. The zero-order valence-electron chi connectivity index (χ0n) is 11.0. The molecule has 0 unspecified atom stereocenters. The highest BCUT2D eigenvalue weighted by molar-refractivity contribution is 7.07. The molecule has 18 heavy (non-hydrogen) atoms. The van der Waals surface area contributed by atoms with Crippen LogP contribution in [0.4, 0.5) is 0 Å². The van der Waals surface area contributed by atoms with Crippen molar-refractivity contribution in [3.63, 3.8) is 0 Å². The lowest BCUT2D eigenvalue weighted by molar-refractivity contribution is 0.288. The molecule has 2 heterocycles. The van der Waals surface area contributed by atoms with E-state index >= 15 is 0 Å². The van der Waals surface area contributed by atoms with Crippen LogP contribution in [0.3, 0.4) is 0 Å². The molecule has 0 aliphatic heterocycles. The minimum atomic E-state index is 0.849. The summed E-state index contributed by atoms with van der Waals surface area (Å²) in [7, 11) is 2.12. The van der Waals surface area contributed by atoms with Gasteiger partial charge in [0.05, 0.1) is 12.8 Å². The lowest BCUT2D eigenvalue weighted by Gasteiger charge is -2.13. The first-order chi connectivity index (χ1) is 8.78. The second-order valence-corrected chi connectivity index (χ2v) is 5.29. The van der Waals surface area contributed by atoms with Crippen LogP contribution < -0.4 is 5.32 Å². The zero-order chi connectivity index (χ0) is 12.8. The first kappa shape index (κ1) is 13.3. The molecule has 0 aromatic carbocycles. The normalized spacial score (nSPS) is 11.3. The van der Waals surface area contributed by atoms with Gasteiger partial charge in [0.1, 0.15) is 5.76 Å². The largest absolute Gasteiger partial charge is 0.468 e. The molecule has 0 saturated carbocycles. The van der Waals surface area contributed by atoms with Crippen molar-refractivity contribution in [3.8, 4) is 0 Å². The summed E-state index contributed by atoms with van der Waals surface area (Å²) in [5.41, 5.74) is 2.58. The van der Waals surface area contributed by atoms with E-state index in [2.05, 4.69) is 47.1 Å². The van der Waals surface area contributed by atoms with Gasteiger partial charge in [0.2, 0.25) is 0 Å². The Labute approximate surface area is 112 Å². The second kappa shape index (κ2) is 6.73. The summed E-state index contributed by atoms with van der Waals surface area (Å²) in [6.45, 7) is 5.79. The Morgan fingerprint density at radius 1 is 1.33 bits per heavy atom. The summed E-state index contributed by atoms with van der Waals surface area (Å²) >= 11 is 1.74. The number of nitrogens with zero attached hydrogens (tertiary/aromatic N) is 1. The Morgan fingerprint density at radius 2 is 2.22 bits per heavy atom. The fourth-order valence-electron chi connectivity index (χ4n) is 1.89. The number of furan rings is 1. The van der Waals surface area contributed by atoms with Gasteiger partial charge in [-0.2, -0.15) is 11.3 Å². The van der Waals surface area contributed by atoms with Gasteiger partial charge in [-0.05, 0) is 42.0 Å². The van der Waals surface area contributed by atoms with Crippen molar-refractivity contribution in [1.82, 2.24) is 10.2 Å². The molecule has 0 saturated heterocycles. The molecule has 0 aliphatic rings. The summed E-state index contributed by atoms with van der Waals surface area (Å²) < 4.78 is 5.57. The average Bonchev–Trinajstić information content (AvgIpc) is 2.98. The van der Waals surface area contributed by atoms with Crippen LogP contribution >= 0.6 is 11.3 Å². The van der Waals surface area contributed by atoms with Crippen LogP contribution in [0.15, 0.2) is 33.6 Å². The topological polar surface area (TPSA) is 28.4 Å². The Morgan fingerprint density at radius 3 is 2.94 bits per heavy atom. The van der Waals surface area contributed by atoms with Crippen molar-refractivity contribution in [2.75, 3.05) is 13.6 Å². The standard InChI is InChI=1S/C14H20N2OS/c1-3-15-7-13-6-14(17-10-13)9-16(2)8-12-4-5-18-11-12/h4-6,10-11,15H,3,7-9H2,1-2H3. The summed E-state index contributed by atoms with van der Waals surface area (Å²) in [6, 6.07) is 4.30. The van der Waals surface area contributed by atoms with Gasteiger partial charge in [-0.3, -0.25) is 4.90 Å². The zero-order valence-corrected chi connectivity index (χ0v) is 11.8. The average molecular weight is 264 g/mol. The van der Waals surface area contributed by atoms with E-state index in [0.29, 0.717) is 0 Å². The Bertz CT molecular complexity index is 450. The molecule has 1 N–H and O–H groups in total. The maximum absolute atomic E-state index is 5.57. The summed E-state index contributed by atoms with van der Waals surface area (Å²) in [5, 5.41) is 7.60. The van der Waals surface area contributed by atoms with Gasteiger partial charge in [0.25, 0.3) is 0 Å². The summed E-state index contributed by atoms with van der Waals surface area (Å²) in [6.07, 6.45) is 1.84. The van der Waals surface area contributed by atoms with Crippen LogP contribution in [0.25, 0.3) is 0 Å². The first-order valence-electron chi connectivity index (χ1n) is 6.24. The maximum Gasteiger partial charge on any atom is 0.118 e. The van der Waals surface area contributed by atoms with Crippen LogP contribution in [-0.4, -0.2) is 18.5 Å². The summed E-state index contributed by atoms with van der Waals surface area (Å²) in [5.74, 6) is 1.03. The van der Waals surface area contributed by atoms with Crippen LogP contribution in [0, 0.1) is 0 Å². The van der Waals surface area contributed by atoms with E-state index in [4.69, 9.17) is 4.42 Å². The molecular weight excluding hydrogens is 244 g/mol. The third-order valence-electron chi connectivity index (χ3n) is 2.75. The highest BCUT2D eigenvalue weighted by Gasteiger charge is 2.06. The monoisotopic (exact) mass is 264 g/mol. The van der Waals surface area contributed by atoms with Gasteiger partial charge in [0, 0.05) is 18.7 Å². The minimum Gasteiger partial charge on any atom is -0.468 e. The molecule has 3 nitrogen and oxygen atoms in total. The fraction of sp³-hybridized carbons (Fsp3) is 0.429. The van der Waals surface area contributed by atoms with Crippen LogP contribution in [0.1, 0.15) is 23.8 Å². The molecule has 0 atom stereocenters. The van der Waals surface area contributed by atoms with E-state index in [1.807, 2.05) is 6.26 Å². The maximum atomic E-state index is 5.57. The quantitative estimate of drug-likeness (QED) is 0.833. The molecule has 0 amide bonds. The lowest BCUT2D eigenvalue weighted by atomic mass is 10.3. The highest BCUT2D eigenvalue weighted by atomic mass is 32.1. The van der Waals surface area contributed by atoms with Gasteiger partial charge in [-0.1, -0.05) is 6.92 Å². The summed E-state index contributed by atoms with van der Waals surface area (Å²) in [4.78, 5) is 2.26. The van der Waals surface area contributed by atoms with Crippen molar-refractivity contribution in [1.29, 1.82) is 0 Å². The number of nitrogens with one attached hydrogen (secondary N) is 1. The van der Waals surface area contributed by atoms with Gasteiger partial charge in [0.15, 0.2) is 0 Å². The van der Waals surface area contributed by atoms with Gasteiger partial charge >= 0.3 is 0 Å². The van der Waals surface area contributed by atoms with E-state index in [0.717, 1.165) is 31.9 Å². The number of hydrogen-bond acceptors (Lipinski definition) is 4. The predicted molar refractivity (Wildman–Crippen MR) is 75.6 cm³/mol. The highest BCUT2D eigenvalue weighted by Crippen LogP contribution is 2.13. The third-order valence-corrected chi connectivity index (χ3v) is 3.48. The van der Waals surface area contributed by atoms with Crippen LogP contribution in [0.2, 0.25) is 0 Å². The van der Waals surface area contributed by atoms with Gasteiger partial charge in [-0.15, -0.1) is 0 Å². The van der Waals surface area contributed by atoms with E-state index in [9.17, 15) is 0 Å². The molecule has 0 bridgehead atoms. The molecule has 4 heteroatoms. The molecule has 2 aromatic rings. The first-order valence-corrected chi connectivity index (χ1v) is 7.19. The number of rotatable bonds is 7. The minimum absolute atomic E-state index is 0.849. The van der Waals surface area contributed by atoms with Crippen molar-refractivity contribution in [2.24, 2.45) is 0 Å². The second-order valence-electron chi connectivity index (χ2n) is 4.51. The van der Waals surface area contributed by atoms with E-state index in [1.54, 1.807) is 11.3 Å². The number of hydrogen-bond donors (Lipinski definition) is 1. The van der Waals surface area contributed by atoms with Gasteiger partial charge in [-0.25, -0.2) is 0 Å². The van der Waals surface area contributed by atoms with E-state index < -0.39 is 0 Å². The van der Waals surface area contributed by atoms with Crippen molar-refractivity contribution >= 4 is 11.3 Å². The van der Waals surface area contributed by atoms with E-state index in [-0.39, 0.29) is 0 Å². The van der Waals surface area contributed by atoms with Crippen molar-refractivity contribution in [2.45, 2.75) is 26.6 Å². The lowest BCUT2D eigenvalue weighted by Crippen LogP contribution is -2.16. The smallest absolute Gasteiger partial charge is 0.118 e. The third kappa shape index (κ3) is 3.98. The Hall–Kier alpha value is -1.10. The molecule has 0 spiro atoms. The van der Waals surface area contributed by atoms with Crippen LogP contribution in [-0.2, 0) is 19.6 Å². The molecule has 2 rings (SSSR count). The van der Waals surface area contributed by atoms with Gasteiger partial charge < -0.3 is 9.73 Å². The number of thiophene rings is 1. The molecular formula is C14H20N2OS. The van der Waals surface area contributed by atoms with Crippen molar-refractivity contribution < 1.29 is 4.42 Å². The van der Waals surface area contributed by atoms with Crippen LogP contribution in [0.5, 0.6) is 0 Å².